The predicted octanol–water partition coefficient (Wildman–Crippen LogP) is 9.52. The first-order valence-corrected chi connectivity index (χ1v) is 14.0. The van der Waals surface area contributed by atoms with Crippen molar-refractivity contribution in [1.82, 2.24) is 19.9 Å². The van der Waals surface area contributed by atoms with Crippen molar-refractivity contribution in [3.05, 3.63) is 134 Å². The first kappa shape index (κ1) is 23.0. The fourth-order valence-electron chi connectivity index (χ4n) is 6.24. The molecule has 0 atom stereocenters. The summed E-state index contributed by atoms with van der Waals surface area (Å²) < 4.78 is 0. The van der Waals surface area contributed by atoms with Gasteiger partial charge in [0.2, 0.25) is 0 Å². The molecule has 0 fully saturated rings. The lowest BCUT2D eigenvalue weighted by Crippen LogP contribution is -1.92. The van der Waals surface area contributed by atoms with Gasteiger partial charge in [-0.3, -0.25) is 19.9 Å². The summed E-state index contributed by atoms with van der Waals surface area (Å²) in [5.74, 6) is 0. The lowest BCUT2D eigenvalue weighted by molar-refractivity contribution is 1.37. The van der Waals surface area contributed by atoms with Crippen LogP contribution in [0.4, 0.5) is 0 Å². The van der Waals surface area contributed by atoms with Gasteiger partial charge in [-0.2, -0.15) is 0 Å². The first-order valence-electron chi connectivity index (χ1n) is 14.0. The molecule has 0 radical (unpaired) electrons. The summed E-state index contributed by atoms with van der Waals surface area (Å²) in [5, 5.41) is 9.15. The molecule has 194 valence electrons. The fourth-order valence-corrected chi connectivity index (χ4v) is 6.24. The van der Waals surface area contributed by atoms with Gasteiger partial charge in [0.1, 0.15) is 0 Å². The molecule has 4 aromatic heterocycles. The highest BCUT2D eigenvalue weighted by atomic mass is 14.7. The maximum atomic E-state index is 4.95. The van der Waals surface area contributed by atoms with Gasteiger partial charge in [0.15, 0.2) is 0 Å². The molecule has 9 rings (SSSR count). The van der Waals surface area contributed by atoms with Crippen LogP contribution in [-0.4, -0.2) is 19.9 Å². The van der Waals surface area contributed by atoms with Crippen molar-refractivity contribution in [3.8, 4) is 22.3 Å². The van der Waals surface area contributed by atoms with E-state index < -0.39 is 0 Å². The summed E-state index contributed by atoms with van der Waals surface area (Å²) in [6.45, 7) is 0. The second-order valence-corrected chi connectivity index (χ2v) is 10.8. The zero-order chi connectivity index (χ0) is 27.6. The van der Waals surface area contributed by atoms with Crippen LogP contribution >= 0.6 is 0 Å². The number of benzene rings is 5. The number of hydrogen-bond acceptors (Lipinski definition) is 4. The Balaban J connectivity index is 1.32. The summed E-state index contributed by atoms with van der Waals surface area (Å²) in [6.07, 6.45) is 7.62. The Bertz CT molecular complexity index is 2360. The molecule has 4 heteroatoms. The second kappa shape index (κ2) is 8.88. The number of pyridine rings is 4. The van der Waals surface area contributed by atoms with Crippen LogP contribution in [0.3, 0.4) is 0 Å². The van der Waals surface area contributed by atoms with E-state index in [1.54, 1.807) is 0 Å². The first-order chi connectivity index (χ1) is 20.8. The van der Waals surface area contributed by atoms with Gasteiger partial charge in [0.25, 0.3) is 0 Å². The van der Waals surface area contributed by atoms with Crippen molar-refractivity contribution in [2.45, 2.75) is 0 Å². The summed E-state index contributed by atoms with van der Waals surface area (Å²) in [6, 6.07) is 38.7. The maximum Gasteiger partial charge on any atom is 0.0964 e. The van der Waals surface area contributed by atoms with Gasteiger partial charge in [0.05, 0.1) is 22.1 Å². The largest absolute Gasteiger partial charge is 0.254 e. The van der Waals surface area contributed by atoms with Crippen molar-refractivity contribution in [1.29, 1.82) is 0 Å². The van der Waals surface area contributed by atoms with Gasteiger partial charge in [-0.05, 0) is 81.2 Å². The van der Waals surface area contributed by atoms with E-state index >= 15 is 0 Å². The van der Waals surface area contributed by atoms with Crippen LogP contribution in [0, 0.1) is 0 Å². The Kier molecular flexibility index (Phi) is 4.87. The molecule has 0 aliphatic rings. The molecule has 0 aliphatic heterocycles. The van der Waals surface area contributed by atoms with Crippen molar-refractivity contribution >= 4 is 65.2 Å². The number of hydrogen-bond donors (Lipinski definition) is 0. The average Bonchev–Trinajstić information content (AvgIpc) is 3.06. The summed E-state index contributed by atoms with van der Waals surface area (Å²) in [4.78, 5) is 19.1. The highest BCUT2D eigenvalue weighted by molar-refractivity contribution is 6.08. The number of nitrogens with zero attached hydrogens (tertiary/aromatic N) is 4. The Morgan fingerprint density at radius 1 is 0.310 bits per heavy atom. The average molecular weight is 535 g/mol. The van der Waals surface area contributed by atoms with Gasteiger partial charge in [-0.25, -0.2) is 0 Å². The van der Waals surface area contributed by atoms with E-state index in [9.17, 15) is 0 Å². The molecule has 5 aromatic carbocycles. The molecule has 0 N–H and O–H groups in total. The van der Waals surface area contributed by atoms with Crippen LogP contribution in [-0.2, 0) is 0 Å². The third kappa shape index (κ3) is 3.55. The van der Waals surface area contributed by atoms with Gasteiger partial charge in [-0.15, -0.1) is 0 Å². The van der Waals surface area contributed by atoms with Crippen molar-refractivity contribution in [2.75, 3.05) is 0 Å². The molecule has 42 heavy (non-hydrogen) atoms. The maximum absolute atomic E-state index is 4.95. The van der Waals surface area contributed by atoms with Gasteiger partial charge in [0, 0.05) is 57.5 Å². The second-order valence-electron chi connectivity index (χ2n) is 10.8. The van der Waals surface area contributed by atoms with Gasteiger partial charge >= 0.3 is 0 Å². The third-order valence-electron chi connectivity index (χ3n) is 8.31. The number of rotatable bonds is 2. The Morgan fingerprint density at radius 2 is 0.738 bits per heavy atom. The molecular formula is C38H22N4. The summed E-state index contributed by atoms with van der Waals surface area (Å²) >= 11 is 0. The van der Waals surface area contributed by atoms with E-state index in [0.29, 0.717) is 0 Å². The zero-order valence-corrected chi connectivity index (χ0v) is 22.5. The minimum atomic E-state index is 0.914. The lowest BCUT2D eigenvalue weighted by atomic mass is 9.90. The van der Waals surface area contributed by atoms with Gasteiger partial charge in [-0.1, -0.05) is 60.7 Å². The lowest BCUT2D eigenvalue weighted by Gasteiger charge is -2.15. The molecule has 0 amide bonds. The molecule has 4 nitrogen and oxygen atoms in total. The normalized spacial score (nSPS) is 11.8. The molecular weight excluding hydrogens is 512 g/mol. The van der Waals surface area contributed by atoms with E-state index in [1.165, 1.54) is 21.5 Å². The topological polar surface area (TPSA) is 51.6 Å². The van der Waals surface area contributed by atoms with Crippen molar-refractivity contribution in [2.24, 2.45) is 0 Å². The van der Waals surface area contributed by atoms with E-state index in [4.69, 9.17) is 9.97 Å². The van der Waals surface area contributed by atoms with Crippen LogP contribution in [0.5, 0.6) is 0 Å². The van der Waals surface area contributed by atoms with Gasteiger partial charge < -0.3 is 0 Å². The molecule has 0 spiro atoms. The smallest absolute Gasteiger partial charge is 0.0964 e. The Hall–Kier alpha value is -5.74. The van der Waals surface area contributed by atoms with E-state index in [1.807, 2.05) is 36.9 Å². The van der Waals surface area contributed by atoms with Crippen LogP contribution in [0.15, 0.2) is 134 Å². The van der Waals surface area contributed by atoms with Crippen LogP contribution in [0.25, 0.3) is 87.4 Å². The monoisotopic (exact) mass is 534 g/mol. The molecule has 0 bridgehead atoms. The molecule has 4 heterocycles. The molecule has 0 aliphatic carbocycles. The summed E-state index contributed by atoms with van der Waals surface area (Å²) in [7, 11) is 0. The van der Waals surface area contributed by atoms with Crippen molar-refractivity contribution in [3.63, 3.8) is 0 Å². The van der Waals surface area contributed by atoms with Crippen LogP contribution < -0.4 is 0 Å². The molecule has 9 aromatic rings. The Labute approximate surface area is 241 Å². The highest BCUT2D eigenvalue weighted by Crippen LogP contribution is 2.39. The SMILES string of the molecule is c1ccc2cc3cc(-c4cnc5c(ccc6cccnc65)c4)c(-c4cnc5c(ccc6cccnc65)c4)cc3cc2c1. The van der Waals surface area contributed by atoms with E-state index in [2.05, 4.69) is 107 Å². The minimum Gasteiger partial charge on any atom is -0.254 e. The van der Waals surface area contributed by atoms with Crippen LogP contribution in [0.1, 0.15) is 0 Å². The zero-order valence-electron chi connectivity index (χ0n) is 22.5. The predicted molar refractivity (Wildman–Crippen MR) is 174 cm³/mol. The molecule has 0 unspecified atom stereocenters. The minimum absolute atomic E-state index is 0.914. The standard InChI is InChI=1S/C38H22N4/c1-2-6-26-16-30-20-34(32-18-28-12-10-24-8-4-14-40-36(24)38(28)42-22-32)33(19-29(30)15-25(26)5-1)31-17-27-11-9-23-7-3-13-39-35(23)37(27)41-21-31/h1-22H. The van der Waals surface area contributed by atoms with E-state index in [-0.39, 0.29) is 0 Å². The number of fused-ring (bicyclic) bond motifs is 8. The molecule has 0 saturated heterocycles. The summed E-state index contributed by atoms with van der Waals surface area (Å²) in [5.41, 5.74) is 8.03. The van der Waals surface area contributed by atoms with Crippen LogP contribution in [0.2, 0.25) is 0 Å². The molecule has 0 saturated carbocycles. The fraction of sp³-hybridized carbons (Fsp3) is 0. The number of aromatic nitrogens is 4. The third-order valence-corrected chi connectivity index (χ3v) is 8.31. The quantitative estimate of drug-likeness (QED) is 0.164. The van der Waals surface area contributed by atoms with E-state index in [0.717, 1.165) is 65.9 Å². The Morgan fingerprint density at radius 3 is 1.24 bits per heavy atom. The van der Waals surface area contributed by atoms with Crippen molar-refractivity contribution < 1.29 is 0 Å². The highest BCUT2D eigenvalue weighted by Gasteiger charge is 2.14.